The monoisotopic (exact) mass is 244 g/mol. The van der Waals surface area contributed by atoms with Crippen molar-refractivity contribution in [1.29, 1.82) is 5.26 Å². The summed E-state index contributed by atoms with van der Waals surface area (Å²) in [6.45, 7) is 5.32. The van der Waals surface area contributed by atoms with Crippen molar-refractivity contribution in [3.63, 3.8) is 0 Å². The van der Waals surface area contributed by atoms with E-state index >= 15 is 0 Å². The Morgan fingerprint density at radius 1 is 1.61 bits per heavy atom. The Morgan fingerprint density at radius 2 is 2.50 bits per heavy atom. The molecule has 4 heteroatoms. The molecule has 0 saturated carbocycles. The lowest BCUT2D eigenvalue weighted by molar-refractivity contribution is 0.217. The first-order valence-electron chi connectivity index (χ1n) is 6.58. The molecule has 1 aromatic heterocycles. The Balaban J connectivity index is 2.03. The molecule has 1 aliphatic heterocycles. The van der Waals surface area contributed by atoms with Crippen LogP contribution in [0, 0.1) is 16.7 Å². The highest BCUT2D eigenvalue weighted by atomic mass is 15.0. The first kappa shape index (κ1) is 12.8. The van der Waals surface area contributed by atoms with Crippen LogP contribution in [0.3, 0.4) is 0 Å². The molecule has 96 valence electrons. The maximum Gasteiger partial charge on any atom is 0.101 e. The van der Waals surface area contributed by atoms with Crippen LogP contribution in [-0.2, 0) is 0 Å². The van der Waals surface area contributed by atoms with Crippen molar-refractivity contribution in [3.05, 3.63) is 24.0 Å². The van der Waals surface area contributed by atoms with E-state index in [9.17, 15) is 0 Å². The summed E-state index contributed by atoms with van der Waals surface area (Å²) in [7, 11) is 0. The molecule has 0 aromatic carbocycles. The first-order valence-corrected chi connectivity index (χ1v) is 6.58. The second kappa shape index (κ2) is 5.83. The lowest BCUT2D eigenvalue weighted by Crippen LogP contribution is -2.44. The number of hydrogen-bond donors (Lipinski definition) is 2. The zero-order valence-corrected chi connectivity index (χ0v) is 10.9. The summed E-state index contributed by atoms with van der Waals surface area (Å²) < 4.78 is 0. The van der Waals surface area contributed by atoms with E-state index in [4.69, 9.17) is 5.26 Å². The third-order valence-electron chi connectivity index (χ3n) is 3.91. The van der Waals surface area contributed by atoms with Crippen LogP contribution in [0.25, 0.3) is 0 Å². The normalized spacial score (nSPS) is 23.3. The Labute approximate surface area is 108 Å². The van der Waals surface area contributed by atoms with Gasteiger partial charge in [-0.1, -0.05) is 6.92 Å². The molecule has 0 aliphatic carbocycles. The number of rotatable bonds is 4. The van der Waals surface area contributed by atoms with Crippen molar-refractivity contribution in [2.45, 2.75) is 26.2 Å². The molecule has 0 spiro atoms. The summed E-state index contributed by atoms with van der Waals surface area (Å²) in [5.74, 6) is 0. The second-order valence-electron chi connectivity index (χ2n) is 5.02. The van der Waals surface area contributed by atoms with Gasteiger partial charge >= 0.3 is 0 Å². The summed E-state index contributed by atoms with van der Waals surface area (Å²) >= 11 is 0. The highest BCUT2D eigenvalue weighted by molar-refractivity contribution is 5.55. The highest BCUT2D eigenvalue weighted by Gasteiger charge is 2.29. The zero-order chi connectivity index (χ0) is 12.8. The molecule has 2 heterocycles. The number of nitrogens with zero attached hydrogens (tertiary/aromatic N) is 2. The fourth-order valence-electron chi connectivity index (χ4n) is 2.52. The largest absolute Gasteiger partial charge is 0.382 e. The van der Waals surface area contributed by atoms with Crippen LogP contribution in [0.2, 0.25) is 0 Å². The van der Waals surface area contributed by atoms with Gasteiger partial charge in [0.1, 0.15) is 6.07 Å². The molecule has 1 saturated heterocycles. The van der Waals surface area contributed by atoms with E-state index in [2.05, 4.69) is 28.6 Å². The van der Waals surface area contributed by atoms with Gasteiger partial charge in [-0.15, -0.1) is 0 Å². The molecule has 0 bridgehead atoms. The lowest BCUT2D eigenvalue weighted by Gasteiger charge is -2.37. The molecule has 1 atom stereocenters. The van der Waals surface area contributed by atoms with E-state index in [1.165, 1.54) is 12.8 Å². The van der Waals surface area contributed by atoms with Gasteiger partial charge < -0.3 is 10.6 Å². The van der Waals surface area contributed by atoms with E-state index < -0.39 is 0 Å². The topological polar surface area (TPSA) is 60.7 Å². The molecule has 2 N–H and O–H groups in total. The maximum atomic E-state index is 9.05. The zero-order valence-electron chi connectivity index (χ0n) is 10.9. The van der Waals surface area contributed by atoms with Gasteiger partial charge in [0.15, 0.2) is 0 Å². The number of hydrogen-bond acceptors (Lipinski definition) is 4. The summed E-state index contributed by atoms with van der Waals surface area (Å²) in [5, 5.41) is 15.9. The van der Waals surface area contributed by atoms with Gasteiger partial charge in [-0.2, -0.15) is 5.26 Å². The predicted molar refractivity (Wildman–Crippen MR) is 72.3 cm³/mol. The van der Waals surface area contributed by atoms with Gasteiger partial charge in [0.05, 0.1) is 17.4 Å². The van der Waals surface area contributed by atoms with Gasteiger partial charge in [-0.05, 0) is 37.3 Å². The van der Waals surface area contributed by atoms with E-state index in [0.717, 1.165) is 31.7 Å². The predicted octanol–water partition coefficient (Wildman–Crippen LogP) is 2.14. The first-order chi connectivity index (χ1) is 8.79. The van der Waals surface area contributed by atoms with Crippen molar-refractivity contribution in [2.24, 2.45) is 5.41 Å². The van der Waals surface area contributed by atoms with Gasteiger partial charge in [0, 0.05) is 19.3 Å². The molecule has 1 fully saturated rings. The van der Waals surface area contributed by atoms with Crippen molar-refractivity contribution < 1.29 is 0 Å². The van der Waals surface area contributed by atoms with Gasteiger partial charge in [0.25, 0.3) is 0 Å². The maximum absolute atomic E-state index is 9.05. The molecule has 1 aliphatic rings. The number of pyridine rings is 1. The minimum Gasteiger partial charge on any atom is -0.382 e. The molecular formula is C14H20N4. The van der Waals surface area contributed by atoms with E-state index in [1.807, 2.05) is 0 Å². The molecule has 1 unspecified atom stereocenters. The fraction of sp³-hybridized carbons (Fsp3) is 0.571. The smallest absolute Gasteiger partial charge is 0.101 e. The van der Waals surface area contributed by atoms with Gasteiger partial charge in [-0.25, -0.2) is 0 Å². The quantitative estimate of drug-likeness (QED) is 0.852. The average molecular weight is 244 g/mol. The molecule has 0 radical (unpaired) electrons. The van der Waals surface area contributed by atoms with Gasteiger partial charge in [-0.3, -0.25) is 4.98 Å². The summed E-state index contributed by atoms with van der Waals surface area (Å²) in [4.78, 5) is 4.08. The summed E-state index contributed by atoms with van der Waals surface area (Å²) in [6, 6.07) is 3.95. The Morgan fingerprint density at radius 3 is 3.17 bits per heavy atom. The third-order valence-corrected chi connectivity index (χ3v) is 3.91. The van der Waals surface area contributed by atoms with Crippen LogP contribution in [0.4, 0.5) is 5.69 Å². The second-order valence-corrected chi connectivity index (χ2v) is 5.02. The Kier molecular flexibility index (Phi) is 4.16. The lowest BCUT2D eigenvalue weighted by atomic mass is 9.78. The van der Waals surface area contributed by atoms with E-state index in [1.54, 1.807) is 18.5 Å². The number of anilines is 1. The number of piperidine rings is 1. The van der Waals surface area contributed by atoms with E-state index in [0.29, 0.717) is 11.0 Å². The van der Waals surface area contributed by atoms with Crippen molar-refractivity contribution in [1.82, 2.24) is 10.3 Å². The van der Waals surface area contributed by atoms with Crippen molar-refractivity contribution in [3.8, 4) is 6.07 Å². The van der Waals surface area contributed by atoms with Crippen LogP contribution in [-0.4, -0.2) is 24.6 Å². The molecule has 4 nitrogen and oxygen atoms in total. The summed E-state index contributed by atoms with van der Waals surface area (Å²) in [6.07, 6.45) is 7.01. The van der Waals surface area contributed by atoms with Crippen LogP contribution in [0.5, 0.6) is 0 Å². The van der Waals surface area contributed by atoms with Crippen molar-refractivity contribution in [2.75, 3.05) is 25.0 Å². The average Bonchev–Trinajstić information content (AvgIpc) is 2.46. The Bertz CT molecular complexity index is 430. The van der Waals surface area contributed by atoms with Crippen LogP contribution < -0.4 is 10.6 Å². The van der Waals surface area contributed by atoms with Crippen LogP contribution in [0.1, 0.15) is 31.7 Å². The number of nitrogens with one attached hydrogen (secondary N) is 2. The standard InChI is InChI=1S/C14H20N4/c1-2-14(5-3-6-17-10-14)11-18-13-9-16-7-4-12(13)8-15/h4,7,9,17-18H,2-3,5-6,10-11H2,1H3. The van der Waals surface area contributed by atoms with Crippen molar-refractivity contribution >= 4 is 5.69 Å². The SMILES string of the molecule is CCC1(CNc2cnccc2C#N)CCCNC1. The molecular weight excluding hydrogens is 224 g/mol. The number of nitriles is 1. The summed E-state index contributed by atoms with van der Waals surface area (Å²) in [5.41, 5.74) is 1.82. The number of aromatic nitrogens is 1. The van der Waals surface area contributed by atoms with Gasteiger partial charge in [0.2, 0.25) is 0 Å². The third kappa shape index (κ3) is 2.80. The molecule has 18 heavy (non-hydrogen) atoms. The van der Waals surface area contributed by atoms with Crippen LogP contribution >= 0.6 is 0 Å². The van der Waals surface area contributed by atoms with E-state index in [-0.39, 0.29) is 0 Å². The fourth-order valence-corrected chi connectivity index (χ4v) is 2.52. The molecule has 0 amide bonds. The molecule has 2 rings (SSSR count). The van der Waals surface area contributed by atoms with Crippen LogP contribution in [0.15, 0.2) is 18.5 Å². The highest BCUT2D eigenvalue weighted by Crippen LogP contribution is 2.30. The minimum atomic E-state index is 0.306. The Hall–Kier alpha value is -1.60. The molecule has 1 aromatic rings. The minimum absolute atomic E-state index is 0.306.